The molecule has 0 aromatic heterocycles. The summed E-state index contributed by atoms with van der Waals surface area (Å²) >= 11 is 0. The first-order valence-corrected chi connectivity index (χ1v) is 3.05. The van der Waals surface area contributed by atoms with Crippen molar-refractivity contribution < 1.29 is 4.74 Å². The van der Waals surface area contributed by atoms with E-state index in [0.29, 0.717) is 12.6 Å². The van der Waals surface area contributed by atoms with E-state index >= 15 is 0 Å². The first-order valence-electron chi connectivity index (χ1n) is 3.05. The molecule has 0 saturated heterocycles. The Kier molecular flexibility index (Phi) is 1.13. The van der Waals surface area contributed by atoms with E-state index in [1.54, 1.807) is 12.5 Å². The molecule has 0 aliphatic carbocycles. The van der Waals surface area contributed by atoms with Crippen LogP contribution in [0.15, 0.2) is 34.0 Å². The van der Waals surface area contributed by atoms with Crippen LogP contribution in [0.3, 0.4) is 0 Å². The minimum Gasteiger partial charge on any atom is -0.446 e. The molecule has 0 saturated carbocycles. The fraction of sp³-hybridized carbons (Fsp3) is 0.143. The summed E-state index contributed by atoms with van der Waals surface area (Å²) < 4.78 is 5.09. The Morgan fingerprint density at radius 1 is 1.50 bits per heavy atom. The second-order valence-electron chi connectivity index (χ2n) is 1.98. The van der Waals surface area contributed by atoms with Gasteiger partial charge < -0.3 is 4.74 Å². The van der Waals surface area contributed by atoms with Crippen LogP contribution in [0.2, 0.25) is 0 Å². The van der Waals surface area contributed by atoms with Crippen molar-refractivity contribution in [1.29, 1.82) is 0 Å². The van der Waals surface area contributed by atoms with Gasteiger partial charge in [-0.3, -0.25) is 4.99 Å². The van der Waals surface area contributed by atoms with E-state index in [4.69, 9.17) is 4.74 Å². The van der Waals surface area contributed by atoms with Gasteiger partial charge in [-0.1, -0.05) is 0 Å². The van der Waals surface area contributed by atoms with Crippen molar-refractivity contribution >= 4 is 12.1 Å². The van der Waals surface area contributed by atoms with Crippen LogP contribution in [0.25, 0.3) is 0 Å². The average molecular weight is 134 g/mol. The number of hydrogen-bond acceptors (Lipinski definition) is 3. The molecule has 2 heterocycles. The number of fused-ring (bicyclic) bond motifs is 1. The van der Waals surface area contributed by atoms with Gasteiger partial charge in [-0.25, -0.2) is 4.99 Å². The first kappa shape index (κ1) is 5.41. The Balaban J connectivity index is 2.39. The maximum Gasteiger partial charge on any atom is 0.224 e. The van der Waals surface area contributed by atoms with Crippen molar-refractivity contribution in [2.75, 3.05) is 6.67 Å². The fourth-order valence-corrected chi connectivity index (χ4v) is 0.857. The number of allylic oxidation sites excluding steroid dienone is 2. The predicted octanol–water partition coefficient (Wildman–Crippen LogP) is 0.897. The minimum absolute atomic E-state index is 0.487. The van der Waals surface area contributed by atoms with Gasteiger partial charge in [-0.05, 0) is 12.2 Å². The largest absolute Gasteiger partial charge is 0.446 e. The lowest BCUT2D eigenvalue weighted by atomic mass is 10.2. The van der Waals surface area contributed by atoms with Gasteiger partial charge in [0.15, 0.2) is 0 Å². The first-order chi connectivity index (χ1) is 4.97. The van der Waals surface area contributed by atoms with Crippen LogP contribution in [0.4, 0.5) is 0 Å². The van der Waals surface area contributed by atoms with Gasteiger partial charge in [0, 0.05) is 6.21 Å². The molecule has 0 radical (unpaired) electrons. The molecule has 2 rings (SSSR count). The molecule has 2 aliphatic heterocycles. The van der Waals surface area contributed by atoms with Crippen molar-refractivity contribution in [3.63, 3.8) is 0 Å². The van der Waals surface area contributed by atoms with E-state index < -0.39 is 0 Å². The summed E-state index contributed by atoms with van der Waals surface area (Å²) in [4.78, 5) is 8.00. The van der Waals surface area contributed by atoms with E-state index in [9.17, 15) is 0 Å². The van der Waals surface area contributed by atoms with Gasteiger partial charge in [-0.2, -0.15) is 0 Å². The van der Waals surface area contributed by atoms with E-state index in [-0.39, 0.29) is 0 Å². The van der Waals surface area contributed by atoms with Crippen LogP contribution in [-0.4, -0.2) is 18.8 Å². The highest BCUT2D eigenvalue weighted by Gasteiger charge is 2.09. The normalized spacial score (nSPS) is 20.8. The van der Waals surface area contributed by atoms with Gasteiger partial charge in [0.25, 0.3) is 0 Å². The molecule has 0 unspecified atom stereocenters. The van der Waals surface area contributed by atoms with E-state index in [1.807, 2.05) is 12.2 Å². The molecule has 3 heteroatoms. The highest BCUT2D eigenvalue weighted by molar-refractivity contribution is 6.14. The van der Waals surface area contributed by atoms with Crippen LogP contribution in [0.1, 0.15) is 0 Å². The highest BCUT2D eigenvalue weighted by Crippen LogP contribution is 2.07. The summed E-state index contributed by atoms with van der Waals surface area (Å²) in [5, 5.41) is 0. The fourth-order valence-electron chi connectivity index (χ4n) is 0.857. The molecule has 0 atom stereocenters. The molecule has 3 nitrogen and oxygen atoms in total. The van der Waals surface area contributed by atoms with Gasteiger partial charge in [0.05, 0.1) is 11.8 Å². The Hall–Kier alpha value is -1.38. The molecule has 0 spiro atoms. The van der Waals surface area contributed by atoms with Crippen LogP contribution in [0.5, 0.6) is 0 Å². The average Bonchev–Trinajstić information content (AvgIpc) is 2.05. The van der Waals surface area contributed by atoms with Crippen molar-refractivity contribution in [2.24, 2.45) is 9.98 Å². The summed E-state index contributed by atoms with van der Waals surface area (Å²) in [7, 11) is 0. The Bertz CT molecular complexity index is 261. The lowest BCUT2D eigenvalue weighted by molar-refractivity contribution is 0.467. The number of ether oxygens (including phenoxy) is 1. The third-order valence-corrected chi connectivity index (χ3v) is 1.31. The molecule has 50 valence electrons. The Morgan fingerprint density at radius 3 is 3.40 bits per heavy atom. The maximum atomic E-state index is 5.09. The molecule has 0 aromatic rings. The lowest BCUT2D eigenvalue weighted by Gasteiger charge is -2.10. The lowest BCUT2D eigenvalue weighted by Crippen LogP contribution is -2.12. The smallest absolute Gasteiger partial charge is 0.224 e. The van der Waals surface area contributed by atoms with E-state index in [2.05, 4.69) is 9.98 Å². The van der Waals surface area contributed by atoms with Crippen LogP contribution < -0.4 is 0 Å². The molecule has 0 N–H and O–H groups in total. The quantitative estimate of drug-likeness (QED) is 0.484. The molecule has 2 aliphatic rings. The zero-order valence-corrected chi connectivity index (χ0v) is 5.32. The summed E-state index contributed by atoms with van der Waals surface area (Å²) in [6, 6.07) is 0. The van der Waals surface area contributed by atoms with Crippen LogP contribution in [-0.2, 0) is 4.74 Å². The number of rotatable bonds is 0. The van der Waals surface area contributed by atoms with Crippen LogP contribution >= 0.6 is 0 Å². The SMILES string of the molecule is C1=COC2=NCN=CC2=C1. The zero-order valence-electron chi connectivity index (χ0n) is 5.32. The Labute approximate surface area is 58.4 Å². The third-order valence-electron chi connectivity index (χ3n) is 1.31. The molecular weight excluding hydrogens is 128 g/mol. The molecule has 0 amide bonds. The van der Waals surface area contributed by atoms with Gasteiger partial charge in [0.2, 0.25) is 5.90 Å². The topological polar surface area (TPSA) is 34.0 Å². The van der Waals surface area contributed by atoms with Crippen LogP contribution in [0, 0.1) is 0 Å². The standard InChI is InChI=1S/C7H6N2O/c1-2-6-4-8-5-9-7(6)10-3-1/h1-4H,5H2. The third kappa shape index (κ3) is 0.757. The second kappa shape index (κ2) is 2.10. The van der Waals surface area contributed by atoms with Gasteiger partial charge in [-0.15, -0.1) is 0 Å². The van der Waals surface area contributed by atoms with Crippen molar-refractivity contribution in [1.82, 2.24) is 0 Å². The Morgan fingerprint density at radius 2 is 2.50 bits per heavy atom. The van der Waals surface area contributed by atoms with Crippen molar-refractivity contribution in [2.45, 2.75) is 0 Å². The molecule has 0 aromatic carbocycles. The van der Waals surface area contributed by atoms with E-state index in [0.717, 1.165) is 5.57 Å². The molecule has 10 heavy (non-hydrogen) atoms. The van der Waals surface area contributed by atoms with E-state index in [1.165, 1.54) is 0 Å². The predicted molar refractivity (Wildman–Crippen MR) is 39.1 cm³/mol. The summed E-state index contributed by atoms with van der Waals surface area (Å²) in [5.41, 5.74) is 0.953. The molecule has 0 bridgehead atoms. The minimum atomic E-state index is 0.487. The second-order valence-corrected chi connectivity index (χ2v) is 1.98. The monoisotopic (exact) mass is 134 g/mol. The maximum absolute atomic E-state index is 5.09. The number of hydrogen-bond donors (Lipinski definition) is 0. The summed E-state index contributed by atoms with van der Waals surface area (Å²) in [5.74, 6) is 0.678. The summed E-state index contributed by atoms with van der Waals surface area (Å²) in [6.45, 7) is 0.487. The van der Waals surface area contributed by atoms with Gasteiger partial charge in [0.1, 0.15) is 6.67 Å². The zero-order chi connectivity index (χ0) is 6.81. The molecule has 0 fully saturated rings. The van der Waals surface area contributed by atoms with Crippen molar-refractivity contribution in [3.8, 4) is 0 Å². The highest BCUT2D eigenvalue weighted by atomic mass is 16.5. The molecular formula is C7H6N2O. The van der Waals surface area contributed by atoms with Gasteiger partial charge >= 0.3 is 0 Å². The van der Waals surface area contributed by atoms with Crippen molar-refractivity contribution in [3.05, 3.63) is 24.0 Å². The number of nitrogens with zero attached hydrogens (tertiary/aromatic N) is 2. The number of aliphatic imine (C=N–C) groups is 2. The summed E-state index contributed by atoms with van der Waals surface area (Å²) in [6.07, 6.45) is 7.13.